The number of aromatic nitrogens is 1. The maximum absolute atomic E-state index is 13.9. The smallest absolute Gasteiger partial charge is 0.271 e. The summed E-state index contributed by atoms with van der Waals surface area (Å²) in [4.78, 5) is 19.7. The molecule has 36 heavy (non-hydrogen) atoms. The molecular weight excluding hydrogens is 528 g/mol. The molecule has 0 fully saturated rings. The molecule has 1 aromatic heterocycles. The lowest BCUT2D eigenvalue weighted by Crippen LogP contribution is -2.38. The van der Waals surface area contributed by atoms with Gasteiger partial charge in [-0.2, -0.15) is 0 Å². The van der Waals surface area contributed by atoms with Gasteiger partial charge in [0.1, 0.15) is 0 Å². The van der Waals surface area contributed by atoms with Crippen molar-refractivity contribution in [1.82, 2.24) is 4.57 Å². The molecule has 0 radical (unpaired) electrons. The molecule has 1 unspecified atom stereocenters. The maximum atomic E-state index is 13.9. The van der Waals surface area contributed by atoms with Gasteiger partial charge in [-0.05, 0) is 64.3 Å². The van der Waals surface area contributed by atoms with Gasteiger partial charge in [-0.15, -0.1) is 0 Å². The molecule has 3 nitrogen and oxygen atoms in total. The van der Waals surface area contributed by atoms with Crippen molar-refractivity contribution >= 4 is 39.0 Å². The van der Waals surface area contributed by atoms with Gasteiger partial charge in [-0.1, -0.05) is 109 Å². The third kappa shape index (κ3) is 4.04. The fourth-order valence-corrected chi connectivity index (χ4v) is 6.46. The van der Waals surface area contributed by atoms with Gasteiger partial charge in [0.15, 0.2) is 4.80 Å². The monoisotopic (exact) mass is 554 g/mol. The first-order valence-corrected chi connectivity index (χ1v) is 13.9. The van der Waals surface area contributed by atoms with E-state index in [0.29, 0.717) is 4.53 Å². The Kier molecular flexibility index (Phi) is 5.73. The number of hydrogen-bond donors (Lipinski definition) is 0. The largest absolute Gasteiger partial charge is 0.272 e. The van der Waals surface area contributed by atoms with E-state index in [0.717, 1.165) is 38.9 Å². The van der Waals surface area contributed by atoms with E-state index in [1.54, 1.807) is 0 Å². The van der Waals surface area contributed by atoms with Crippen LogP contribution in [0, 0.1) is 0 Å². The minimum absolute atomic E-state index is 0.0250. The normalized spacial score (nSPS) is 17.3. The second-order valence-corrected chi connectivity index (χ2v) is 12.5. The third-order valence-electron chi connectivity index (χ3n) is 7.13. The van der Waals surface area contributed by atoms with E-state index >= 15 is 0 Å². The summed E-state index contributed by atoms with van der Waals surface area (Å²) in [7, 11) is 0. The Morgan fingerprint density at radius 1 is 0.972 bits per heavy atom. The van der Waals surface area contributed by atoms with Gasteiger partial charge in [0.25, 0.3) is 5.56 Å². The fraction of sp³-hybridized carbons (Fsp3) is 0.226. The number of benzene rings is 3. The van der Waals surface area contributed by atoms with E-state index in [1.807, 2.05) is 10.6 Å². The standard InChI is InChI=1S/C31H27BrN2OS/c1-31(2,3)22-13-8-19(9-14-22)18-26-29(35)34-28(21-10-15-23(32)16-11-21)25-17-12-20-6-4-5-7-24(20)27(25)33-30(34)36-26/h4-11,13-16,18,28H,12,17H2,1-3H3/b26-18-. The first-order chi connectivity index (χ1) is 17.3. The highest BCUT2D eigenvalue weighted by atomic mass is 79.9. The van der Waals surface area contributed by atoms with Crippen LogP contribution in [0.1, 0.15) is 61.1 Å². The van der Waals surface area contributed by atoms with Crippen molar-refractivity contribution in [2.75, 3.05) is 0 Å². The Morgan fingerprint density at radius 2 is 1.69 bits per heavy atom. The molecule has 1 aliphatic heterocycles. The molecule has 0 bridgehead atoms. The zero-order valence-corrected chi connectivity index (χ0v) is 23.0. The lowest BCUT2D eigenvalue weighted by Gasteiger charge is -2.30. The van der Waals surface area contributed by atoms with Crippen LogP contribution >= 0.6 is 27.3 Å². The molecule has 0 N–H and O–H groups in total. The predicted molar refractivity (Wildman–Crippen MR) is 152 cm³/mol. The first kappa shape index (κ1) is 23.4. The zero-order chi connectivity index (χ0) is 25.0. The number of halogens is 1. The highest BCUT2D eigenvalue weighted by Gasteiger charge is 2.32. The summed E-state index contributed by atoms with van der Waals surface area (Å²) in [6.07, 6.45) is 3.86. The summed E-state index contributed by atoms with van der Waals surface area (Å²) in [6, 6.07) is 25.2. The van der Waals surface area contributed by atoms with Crippen molar-refractivity contribution in [3.63, 3.8) is 0 Å². The number of fused-ring (bicyclic) bond motifs is 3. The highest BCUT2D eigenvalue weighted by Crippen LogP contribution is 2.41. The third-order valence-corrected chi connectivity index (χ3v) is 8.64. The number of thiazole rings is 1. The summed E-state index contributed by atoms with van der Waals surface area (Å²) in [5.74, 6) is 0. The Balaban J connectivity index is 1.55. The van der Waals surface area contributed by atoms with Crippen LogP contribution in [0.25, 0.3) is 11.8 Å². The molecule has 1 aliphatic carbocycles. The van der Waals surface area contributed by atoms with E-state index in [9.17, 15) is 4.79 Å². The van der Waals surface area contributed by atoms with E-state index in [4.69, 9.17) is 4.99 Å². The van der Waals surface area contributed by atoms with Crippen molar-refractivity contribution < 1.29 is 0 Å². The molecule has 2 aliphatic rings. The van der Waals surface area contributed by atoms with Gasteiger partial charge in [0.2, 0.25) is 0 Å². The summed E-state index contributed by atoms with van der Waals surface area (Å²) in [5, 5.41) is 0. The molecule has 3 aromatic carbocycles. The number of aryl methyl sites for hydroxylation is 1. The van der Waals surface area contributed by atoms with Gasteiger partial charge >= 0.3 is 0 Å². The lowest BCUT2D eigenvalue weighted by atomic mass is 9.83. The van der Waals surface area contributed by atoms with Crippen LogP contribution in [-0.4, -0.2) is 4.57 Å². The summed E-state index contributed by atoms with van der Waals surface area (Å²) >= 11 is 5.05. The van der Waals surface area contributed by atoms with Crippen LogP contribution in [0.5, 0.6) is 0 Å². The maximum Gasteiger partial charge on any atom is 0.271 e. The molecule has 180 valence electrons. The van der Waals surface area contributed by atoms with Crippen LogP contribution in [0.3, 0.4) is 0 Å². The number of rotatable bonds is 2. The van der Waals surface area contributed by atoms with E-state index < -0.39 is 0 Å². The average molecular weight is 556 g/mol. The topological polar surface area (TPSA) is 34.4 Å². The highest BCUT2D eigenvalue weighted by molar-refractivity contribution is 9.10. The summed E-state index contributed by atoms with van der Waals surface area (Å²) < 4.78 is 3.66. The summed E-state index contributed by atoms with van der Waals surface area (Å²) in [6.45, 7) is 6.63. The Labute approximate surface area is 223 Å². The van der Waals surface area contributed by atoms with Crippen LogP contribution in [0.15, 0.2) is 92.6 Å². The molecule has 0 saturated carbocycles. The van der Waals surface area contributed by atoms with Gasteiger partial charge in [0.05, 0.1) is 16.3 Å². The van der Waals surface area contributed by atoms with Crippen molar-refractivity contribution in [1.29, 1.82) is 0 Å². The SMILES string of the molecule is CC(C)(C)c1ccc(/C=c2\sc3n(c2=O)C(c2ccc(Br)cc2)C2=C(N=3)c3ccccc3CC2)cc1. The second-order valence-electron chi connectivity index (χ2n) is 10.5. The van der Waals surface area contributed by atoms with E-state index in [-0.39, 0.29) is 17.0 Å². The van der Waals surface area contributed by atoms with Crippen molar-refractivity contribution in [2.24, 2.45) is 4.99 Å². The van der Waals surface area contributed by atoms with Crippen molar-refractivity contribution in [3.05, 3.63) is 130 Å². The molecular formula is C31H27BrN2OS. The van der Waals surface area contributed by atoms with Gasteiger partial charge in [-0.25, -0.2) is 4.99 Å². The van der Waals surface area contributed by atoms with Gasteiger partial charge < -0.3 is 0 Å². The quantitative estimate of drug-likeness (QED) is 0.283. The van der Waals surface area contributed by atoms with Crippen molar-refractivity contribution in [2.45, 2.75) is 45.1 Å². The molecule has 2 heterocycles. The Bertz CT molecular complexity index is 1680. The predicted octanol–water partition coefficient (Wildman–Crippen LogP) is 6.38. The second kappa shape index (κ2) is 8.82. The van der Waals surface area contributed by atoms with E-state index in [2.05, 4.69) is 109 Å². The molecule has 1 atom stereocenters. The van der Waals surface area contributed by atoms with Crippen LogP contribution in [0.2, 0.25) is 0 Å². The van der Waals surface area contributed by atoms with Crippen LogP contribution in [0.4, 0.5) is 0 Å². The Hall–Kier alpha value is -3.02. The molecule has 5 heteroatoms. The van der Waals surface area contributed by atoms with Crippen LogP contribution < -0.4 is 14.9 Å². The number of nitrogens with zero attached hydrogens (tertiary/aromatic N) is 2. The minimum Gasteiger partial charge on any atom is -0.272 e. The first-order valence-electron chi connectivity index (χ1n) is 12.3. The zero-order valence-electron chi connectivity index (χ0n) is 20.6. The molecule has 4 aromatic rings. The number of allylic oxidation sites excluding steroid dienone is 1. The lowest BCUT2D eigenvalue weighted by molar-refractivity contribution is 0.585. The van der Waals surface area contributed by atoms with Gasteiger partial charge in [-0.3, -0.25) is 9.36 Å². The fourth-order valence-electron chi connectivity index (χ4n) is 5.20. The van der Waals surface area contributed by atoms with Crippen LogP contribution in [-0.2, 0) is 11.8 Å². The average Bonchev–Trinajstić information content (AvgIpc) is 3.17. The molecule has 0 saturated heterocycles. The molecule has 6 rings (SSSR count). The van der Waals surface area contributed by atoms with Crippen molar-refractivity contribution in [3.8, 4) is 0 Å². The molecule has 0 spiro atoms. The van der Waals surface area contributed by atoms with E-state index in [1.165, 1.54) is 33.6 Å². The Morgan fingerprint density at radius 3 is 2.42 bits per heavy atom. The number of hydrogen-bond acceptors (Lipinski definition) is 3. The van der Waals surface area contributed by atoms with Gasteiger partial charge in [0, 0.05) is 10.0 Å². The molecule has 0 amide bonds. The minimum atomic E-state index is -0.150. The summed E-state index contributed by atoms with van der Waals surface area (Å²) in [5.41, 5.74) is 8.32.